The van der Waals surface area contributed by atoms with Crippen molar-refractivity contribution in [3.8, 4) is 130 Å². The fraction of sp³-hybridized carbons (Fsp3) is 0.697. The van der Waals surface area contributed by atoms with E-state index < -0.39 is 126 Å². The smallest absolute Gasteiger partial charge is 0.349 e. The summed E-state index contributed by atoms with van der Waals surface area (Å²) in [6.07, 6.45) is 1.25. The molecule has 0 saturated carbocycles. The zero-order chi connectivity index (χ0) is 69.5. The second kappa shape index (κ2) is 35.7. The van der Waals surface area contributed by atoms with Gasteiger partial charge in [-0.15, -0.1) is 0 Å². The van der Waals surface area contributed by atoms with Gasteiger partial charge in [0, 0.05) is 33.8 Å². The van der Waals surface area contributed by atoms with Crippen LogP contribution in [0.15, 0.2) is 0 Å². The van der Waals surface area contributed by atoms with Crippen LogP contribution < -0.4 is 5.32 Å². The number of ether oxygens (including phenoxy) is 6. The molecule has 0 aliphatic carbocycles. The number of rotatable bonds is 23. The molecule has 0 aromatic carbocycles. The van der Waals surface area contributed by atoms with Gasteiger partial charge in [-0.2, -0.15) is 0 Å². The molecule has 17 heteroatoms. The maximum absolute atomic E-state index is 15.2. The van der Waals surface area contributed by atoms with E-state index in [0.717, 1.165) is 19.3 Å². The second-order valence-electron chi connectivity index (χ2n) is 30.1. The quantitative estimate of drug-likeness (QED) is 0.0504. The van der Waals surface area contributed by atoms with Crippen LogP contribution in [0.1, 0.15) is 195 Å². The molecule has 0 bridgehead atoms. The van der Waals surface area contributed by atoms with E-state index in [9.17, 15) is 10.2 Å². The van der Waals surface area contributed by atoms with Gasteiger partial charge in [-0.25, -0.2) is 0 Å². The minimum absolute atomic E-state index is 0.112. The van der Waals surface area contributed by atoms with E-state index in [4.69, 9.17) is 46.1 Å². The number of carbonyl (C=O) groups excluding carboxylic acids is 1. The van der Waals surface area contributed by atoms with Crippen molar-refractivity contribution in [1.82, 2.24) is 5.32 Å². The van der Waals surface area contributed by atoms with E-state index in [1.807, 2.05) is 13.8 Å². The molecule has 0 aromatic heterocycles. The SMILES string of the molecule is CC#CC#CC#CC#CC#CC#CC#CC#CC#CC#CC#C[C@H]1OC(C)(C)O[C@H]1C(=O)N[C@@H](COC1OC2CO[Si](C(C)(C)C)(C(C)(C)C)OC2C(O)C1O)[C@@H]1OC(C)(C)O[C@@H]1[C@@H](O[Si](C)(C)C(C)(C)C)[C@H](CCCCCCCCCCCC)O[Si](C)(C)C(C)(C)C. The van der Waals surface area contributed by atoms with E-state index in [-0.39, 0.29) is 23.3 Å². The summed E-state index contributed by atoms with van der Waals surface area (Å²) in [6, 6.07) is -1.04. The van der Waals surface area contributed by atoms with Crippen LogP contribution in [-0.2, 0) is 50.9 Å². The molecule has 12 atom stereocenters. The molecule has 4 aliphatic heterocycles. The standard InChI is InChI=1S/C76H107NO13Si3/c1-23-25-27-29-31-33-35-36-37-38-39-40-41-42-43-44-45-47-48-50-52-54-59-67(86-75(15,16)84-59)69(80)77-58(56-81-70-63(79)62(78)65-61(83-70)57-82-93(90-65,73(9,10)11)74(12,13)14)64-68(87-76(17,18)85-64)66(89-92(21,22)72(6,7)8)60(88-91(19,20)71(3,4)5)55-53-51-49-46-34-32-30-28-26-24-2/h58-68,70,78-79H,24,26,28,30,32,34,46,49,51,53,55-57H2,1-22H3,(H,77,80)/t58-,59+,60-,61?,62?,63?,64-,65?,66-,67+,68-,70?/m0/s1. The van der Waals surface area contributed by atoms with Gasteiger partial charge >= 0.3 is 8.56 Å². The van der Waals surface area contributed by atoms with Gasteiger partial charge in [0.25, 0.3) is 5.91 Å². The summed E-state index contributed by atoms with van der Waals surface area (Å²) in [5, 5.41) is 26.1. The normalized spacial score (nSPS) is 24.4. The summed E-state index contributed by atoms with van der Waals surface area (Å²) in [4.78, 5) is 15.2. The topological polar surface area (TPSA) is 162 Å². The summed E-state index contributed by atoms with van der Waals surface area (Å²) in [5.41, 5.74) is 0. The lowest BCUT2D eigenvalue weighted by molar-refractivity contribution is -0.310. The van der Waals surface area contributed by atoms with Crippen LogP contribution in [0.5, 0.6) is 0 Å². The average Bonchev–Trinajstić information content (AvgIpc) is 1.43. The molecule has 4 rings (SSSR count). The third-order valence-electron chi connectivity index (χ3n) is 17.6. The largest absolute Gasteiger partial charge is 0.411 e. The van der Waals surface area contributed by atoms with Crippen LogP contribution in [0.25, 0.3) is 0 Å². The van der Waals surface area contributed by atoms with Gasteiger partial charge in [0.05, 0.1) is 31.5 Å². The molecule has 93 heavy (non-hydrogen) atoms. The Balaban J connectivity index is 1.75. The van der Waals surface area contributed by atoms with E-state index in [0.29, 0.717) is 6.42 Å². The Kier molecular flexibility index (Phi) is 30.8. The van der Waals surface area contributed by atoms with Crippen LogP contribution in [0.4, 0.5) is 0 Å². The van der Waals surface area contributed by atoms with Crippen molar-refractivity contribution in [2.24, 2.45) is 0 Å². The molecule has 4 saturated heterocycles. The molecule has 0 radical (unpaired) electrons. The van der Waals surface area contributed by atoms with Gasteiger partial charge in [-0.3, -0.25) is 4.79 Å². The van der Waals surface area contributed by atoms with Crippen LogP contribution in [0.2, 0.25) is 46.3 Å². The number of unbranched alkanes of at least 4 members (excludes halogenated alkanes) is 9. The molecule has 0 spiro atoms. The van der Waals surface area contributed by atoms with E-state index in [1.165, 1.54) is 44.9 Å². The van der Waals surface area contributed by atoms with Gasteiger partial charge in [-0.1, -0.05) is 166 Å². The summed E-state index contributed by atoms with van der Waals surface area (Å²) in [5.74, 6) is 54.4. The maximum atomic E-state index is 15.2. The van der Waals surface area contributed by atoms with E-state index >= 15 is 4.79 Å². The van der Waals surface area contributed by atoms with Gasteiger partial charge in [0.2, 0.25) is 0 Å². The van der Waals surface area contributed by atoms with Crippen LogP contribution in [0.3, 0.4) is 0 Å². The molecule has 4 fully saturated rings. The molecule has 1 amide bonds. The Bertz CT molecular complexity index is 3250. The second-order valence-corrected chi connectivity index (χ2v) is 44.4. The van der Waals surface area contributed by atoms with Crippen LogP contribution in [-0.4, -0.2) is 139 Å². The Morgan fingerprint density at radius 1 is 0.581 bits per heavy atom. The van der Waals surface area contributed by atoms with Crippen molar-refractivity contribution >= 4 is 31.1 Å². The van der Waals surface area contributed by atoms with E-state index in [1.54, 1.807) is 20.8 Å². The summed E-state index contributed by atoms with van der Waals surface area (Å²) < 4.78 is 68.9. The first-order valence-electron chi connectivity index (χ1n) is 33.1. The first kappa shape index (κ1) is 80.2. The monoisotopic (exact) mass is 1330 g/mol. The Hall–Kier alpha value is -5.20. The van der Waals surface area contributed by atoms with E-state index in [2.05, 4.69) is 252 Å². The molecular formula is C76H107NO13Si3. The highest BCUT2D eigenvalue weighted by Crippen LogP contribution is 2.55. The van der Waals surface area contributed by atoms with Crippen molar-refractivity contribution in [1.29, 1.82) is 0 Å². The third kappa shape index (κ3) is 24.4. The minimum Gasteiger partial charge on any atom is -0.411 e. The molecule has 3 N–H and O–H groups in total. The highest BCUT2D eigenvalue weighted by atomic mass is 28.4. The summed E-state index contributed by atoms with van der Waals surface area (Å²) in [6.45, 7) is 45.7. The Labute approximate surface area is 564 Å². The van der Waals surface area contributed by atoms with Gasteiger partial charge in [0.1, 0.15) is 36.6 Å². The number of fused-ring (bicyclic) bond motifs is 1. The molecule has 5 unspecified atom stereocenters. The fourth-order valence-corrected chi connectivity index (χ4v) is 18.7. The van der Waals surface area contributed by atoms with Crippen molar-refractivity contribution in [3.05, 3.63) is 0 Å². The number of hydrogen-bond donors (Lipinski definition) is 3. The first-order chi connectivity index (χ1) is 43.3. The van der Waals surface area contributed by atoms with Crippen molar-refractivity contribution in [3.63, 3.8) is 0 Å². The number of aliphatic hydroxyl groups is 2. The van der Waals surface area contributed by atoms with Gasteiger partial charge in [-0.05, 0) is 172 Å². The van der Waals surface area contributed by atoms with Crippen molar-refractivity contribution in [2.75, 3.05) is 13.2 Å². The lowest BCUT2D eigenvalue weighted by atomic mass is 9.94. The molecular weight excluding hydrogens is 1220 g/mol. The average molecular weight is 1330 g/mol. The van der Waals surface area contributed by atoms with Crippen molar-refractivity contribution < 1.29 is 61.1 Å². The van der Waals surface area contributed by atoms with Gasteiger partial charge < -0.3 is 61.7 Å². The molecule has 14 nitrogen and oxygen atoms in total. The predicted molar refractivity (Wildman–Crippen MR) is 374 cm³/mol. The number of aliphatic hydroxyl groups excluding tert-OH is 2. The molecule has 506 valence electrons. The zero-order valence-corrected chi connectivity index (χ0v) is 63.0. The molecule has 4 heterocycles. The van der Waals surface area contributed by atoms with Crippen LogP contribution >= 0.6 is 0 Å². The highest BCUT2D eigenvalue weighted by Gasteiger charge is 2.65. The number of carbonyl (C=O) groups is 1. The fourth-order valence-electron chi connectivity index (χ4n) is 11.1. The Morgan fingerprint density at radius 2 is 1.01 bits per heavy atom. The summed E-state index contributed by atoms with van der Waals surface area (Å²) >= 11 is 0. The predicted octanol–water partition coefficient (Wildman–Crippen LogP) is 11.6. The minimum atomic E-state index is -3.09. The summed E-state index contributed by atoms with van der Waals surface area (Å²) in [7, 11) is -8.27. The number of hydrogen-bond acceptors (Lipinski definition) is 13. The third-order valence-corrected chi connectivity index (χ3v) is 31.7. The molecule has 0 aromatic rings. The Morgan fingerprint density at radius 3 is 1.47 bits per heavy atom. The van der Waals surface area contributed by atoms with Gasteiger partial charge in [0.15, 0.2) is 46.7 Å². The lowest BCUT2D eigenvalue weighted by Crippen LogP contribution is -2.71. The van der Waals surface area contributed by atoms with Crippen LogP contribution in [0, 0.1) is 130 Å². The highest BCUT2D eigenvalue weighted by molar-refractivity contribution is 6.75. The maximum Gasteiger partial charge on any atom is 0.349 e. The number of nitrogens with one attached hydrogen (secondary N) is 1. The van der Waals surface area contributed by atoms with Crippen molar-refractivity contribution in [2.45, 2.75) is 327 Å². The molecule has 4 aliphatic rings. The zero-order valence-electron chi connectivity index (χ0n) is 60.0. The lowest BCUT2D eigenvalue weighted by Gasteiger charge is -2.57. The first-order valence-corrected chi connectivity index (χ1v) is 40.7. The number of amides is 1.